The smallest absolute Gasteiger partial charge is 0.274 e. The highest BCUT2D eigenvalue weighted by Gasteiger charge is 2.27. The zero-order chi connectivity index (χ0) is 14.1. The Balaban J connectivity index is 1.73. The third-order valence-electron chi connectivity index (χ3n) is 3.63. The number of carbonyl (C=O) groups excluding carboxylic acids is 1. The van der Waals surface area contributed by atoms with Crippen LogP contribution >= 0.6 is 11.3 Å². The second-order valence-electron chi connectivity index (χ2n) is 5.27. The molecule has 1 aliphatic heterocycles. The second-order valence-corrected chi connectivity index (χ2v) is 6.54. The monoisotopic (exact) mass is 290 g/mol. The Morgan fingerprint density at radius 3 is 3.00 bits per heavy atom. The fourth-order valence-corrected chi connectivity index (χ4v) is 3.51. The topological polar surface area (TPSA) is 51.0 Å². The molecular formula is C14H18N4OS. The van der Waals surface area contributed by atoms with Gasteiger partial charge in [0.1, 0.15) is 5.69 Å². The van der Waals surface area contributed by atoms with Gasteiger partial charge in [-0.2, -0.15) is 5.10 Å². The lowest BCUT2D eigenvalue weighted by molar-refractivity contribution is 0.0700. The molecule has 6 heteroatoms. The maximum absolute atomic E-state index is 12.4. The van der Waals surface area contributed by atoms with E-state index in [4.69, 9.17) is 0 Å². The van der Waals surface area contributed by atoms with Crippen molar-refractivity contribution in [2.24, 2.45) is 7.05 Å². The van der Waals surface area contributed by atoms with Crippen LogP contribution in [0.25, 0.3) is 0 Å². The van der Waals surface area contributed by atoms with Crippen LogP contribution < -0.4 is 0 Å². The van der Waals surface area contributed by atoms with Crippen molar-refractivity contribution in [3.63, 3.8) is 0 Å². The number of piperidine rings is 1. The van der Waals surface area contributed by atoms with E-state index < -0.39 is 0 Å². The Kier molecular flexibility index (Phi) is 3.56. The van der Waals surface area contributed by atoms with E-state index in [1.54, 1.807) is 28.3 Å². The first-order chi connectivity index (χ1) is 9.63. The van der Waals surface area contributed by atoms with Crippen LogP contribution in [-0.2, 0) is 7.05 Å². The Bertz CT molecular complexity index is 618. The summed E-state index contributed by atoms with van der Waals surface area (Å²) in [7, 11) is 1.83. The highest BCUT2D eigenvalue weighted by atomic mass is 32.1. The van der Waals surface area contributed by atoms with Gasteiger partial charge in [-0.3, -0.25) is 9.48 Å². The first kappa shape index (κ1) is 13.3. The predicted molar refractivity (Wildman–Crippen MR) is 77.9 cm³/mol. The van der Waals surface area contributed by atoms with Crippen LogP contribution in [0.5, 0.6) is 0 Å². The number of likely N-dealkylation sites (tertiary alicyclic amines) is 1. The van der Waals surface area contributed by atoms with Crippen molar-refractivity contribution in [3.05, 3.63) is 34.0 Å². The number of hydrogen-bond donors (Lipinski definition) is 0. The van der Waals surface area contributed by atoms with E-state index >= 15 is 0 Å². The number of amides is 1. The summed E-state index contributed by atoms with van der Waals surface area (Å²) in [5.41, 5.74) is 0.531. The summed E-state index contributed by atoms with van der Waals surface area (Å²) >= 11 is 1.74. The summed E-state index contributed by atoms with van der Waals surface area (Å²) in [4.78, 5) is 20.0. The molecule has 1 fully saturated rings. The maximum Gasteiger partial charge on any atom is 0.274 e. The van der Waals surface area contributed by atoms with Gasteiger partial charge in [-0.25, -0.2) is 4.98 Å². The first-order valence-electron chi connectivity index (χ1n) is 6.85. The number of carbonyl (C=O) groups is 1. The summed E-state index contributed by atoms with van der Waals surface area (Å²) in [5.74, 6) is 0.402. The van der Waals surface area contributed by atoms with Crippen molar-refractivity contribution in [1.29, 1.82) is 0 Å². The second kappa shape index (κ2) is 5.36. The van der Waals surface area contributed by atoms with Crippen LogP contribution in [0.3, 0.4) is 0 Å². The molecule has 0 saturated carbocycles. The van der Waals surface area contributed by atoms with E-state index in [0.29, 0.717) is 11.6 Å². The zero-order valence-electron chi connectivity index (χ0n) is 11.7. The van der Waals surface area contributed by atoms with E-state index in [9.17, 15) is 4.79 Å². The molecule has 2 aromatic rings. The lowest BCUT2D eigenvalue weighted by Crippen LogP contribution is -2.39. The van der Waals surface area contributed by atoms with Gasteiger partial charge in [-0.05, 0) is 25.8 Å². The summed E-state index contributed by atoms with van der Waals surface area (Å²) in [5, 5.41) is 5.35. The number of nitrogens with zero attached hydrogens (tertiary/aromatic N) is 4. The molecule has 1 saturated heterocycles. The molecule has 3 rings (SSSR count). The minimum absolute atomic E-state index is 0.0311. The largest absolute Gasteiger partial charge is 0.337 e. The molecule has 0 bridgehead atoms. The standard InChI is InChI=1S/C14H18N4OS/c1-10-8-15-13(20-10)11-4-3-6-18(9-11)14(19)12-5-7-17(2)16-12/h5,7-8,11H,3-4,6,9H2,1-2H3/t11-/m1/s1. The highest BCUT2D eigenvalue weighted by Crippen LogP contribution is 2.30. The number of hydrogen-bond acceptors (Lipinski definition) is 4. The van der Waals surface area contributed by atoms with Gasteiger partial charge in [-0.1, -0.05) is 0 Å². The van der Waals surface area contributed by atoms with Crippen molar-refractivity contribution in [3.8, 4) is 0 Å². The van der Waals surface area contributed by atoms with Gasteiger partial charge in [0.15, 0.2) is 0 Å². The Hall–Kier alpha value is -1.69. The lowest BCUT2D eigenvalue weighted by atomic mass is 9.98. The molecule has 0 N–H and O–H groups in total. The van der Waals surface area contributed by atoms with E-state index in [1.807, 2.05) is 18.1 Å². The van der Waals surface area contributed by atoms with Gasteiger partial charge in [0.05, 0.1) is 5.01 Å². The molecule has 20 heavy (non-hydrogen) atoms. The van der Waals surface area contributed by atoms with Gasteiger partial charge in [-0.15, -0.1) is 11.3 Å². The van der Waals surface area contributed by atoms with E-state index in [1.165, 1.54) is 4.88 Å². The quantitative estimate of drug-likeness (QED) is 0.852. The van der Waals surface area contributed by atoms with Gasteiger partial charge in [0, 0.05) is 43.3 Å². The van der Waals surface area contributed by atoms with Crippen molar-refractivity contribution in [2.45, 2.75) is 25.7 Å². The molecule has 0 aliphatic carbocycles. The zero-order valence-corrected chi connectivity index (χ0v) is 12.6. The minimum atomic E-state index is 0.0311. The molecule has 0 unspecified atom stereocenters. The Morgan fingerprint density at radius 2 is 2.35 bits per heavy atom. The normalized spacial score (nSPS) is 19.3. The molecule has 0 radical (unpaired) electrons. The predicted octanol–water partition coefficient (Wildman–Crippen LogP) is 2.20. The van der Waals surface area contributed by atoms with Crippen LogP contribution in [-0.4, -0.2) is 38.7 Å². The van der Waals surface area contributed by atoms with Crippen LogP contribution in [0.2, 0.25) is 0 Å². The first-order valence-corrected chi connectivity index (χ1v) is 7.66. The lowest BCUT2D eigenvalue weighted by Gasteiger charge is -2.31. The summed E-state index contributed by atoms with van der Waals surface area (Å²) in [6.07, 6.45) is 5.86. The minimum Gasteiger partial charge on any atom is -0.337 e. The van der Waals surface area contributed by atoms with Gasteiger partial charge in [0.2, 0.25) is 0 Å². The average molecular weight is 290 g/mol. The van der Waals surface area contributed by atoms with Gasteiger partial charge < -0.3 is 4.90 Å². The SMILES string of the molecule is Cc1cnc([C@@H]2CCCN(C(=O)c3ccn(C)n3)C2)s1. The average Bonchev–Trinajstić information content (AvgIpc) is 3.07. The molecule has 1 amide bonds. The number of aromatic nitrogens is 3. The molecule has 2 aromatic heterocycles. The van der Waals surface area contributed by atoms with Crippen LogP contribution in [0.15, 0.2) is 18.5 Å². The third kappa shape index (κ3) is 2.60. The molecule has 5 nitrogen and oxygen atoms in total. The summed E-state index contributed by atoms with van der Waals surface area (Å²) in [6, 6.07) is 1.78. The number of rotatable bonds is 2. The molecular weight excluding hydrogens is 272 g/mol. The molecule has 0 aromatic carbocycles. The van der Waals surface area contributed by atoms with E-state index in [0.717, 1.165) is 30.9 Å². The van der Waals surface area contributed by atoms with Crippen LogP contribution in [0, 0.1) is 6.92 Å². The van der Waals surface area contributed by atoms with Gasteiger partial charge >= 0.3 is 0 Å². The maximum atomic E-state index is 12.4. The molecule has 106 valence electrons. The highest BCUT2D eigenvalue weighted by molar-refractivity contribution is 7.11. The van der Waals surface area contributed by atoms with Gasteiger partial charge in [0.25, 0.3) is 5.91 Å². The van der Waals surface area contributed by atoms with Crippen molar-refractivity contribution in [1.82, 2.24) is 19.7 Å². The fourth-order valence-electron chi connectivity index (χ4n) is 2.62. The van der Waals surface area contributed by atoms with Crippen LogP contribution in [0.1, 0.15) is 39.1 Å². The summed E-state index contributed by atoms with van der Waals surface area (Å²) in [6.45, 7) is 3.64. The third-order valence-corrected chi connectivity index (χ3v) is 4.70. The molecule has 1 aliphatic rings. The summed E-state index contributed by atoms with van der Waals surface area (Å²) < 4.78 is 1.67. The molecule has 0 spiro atoms. The Labute approximate surface area is 122 Å². The van der Waals surface area contributed by atoms with Crippen molar-refractivity contribution < 1.29 is 4.79 Å². The Morgan fingerprint density at radius 1 is 1.50 bits per heavy atom. The molecule has 3 heterocycles. The van der Waals surface area contributed by atoms with E-state index in [-0.39, 0.29) is 5.91 Å². The fraction of sp³-hybridized carbons (Fsp3) is 0.500. The van der Waals surface area contributed by atoms with E-state index in [2.05, 4.69) is 17.0 Å². The number of thiazole rings is 1. The van der Waals surface area contributed by atoms with Crippen molar-refractivity contribution in [2.75, 3.05) is 13.1 Å². The van der Waals surface area contributed by atoms with Crippen molar-refractivity contribution >= 4 is 17.2 Å². The molecule has 1 atom stereocenters. The number of aryl methyl sites for hydroxylation is 2. The van der Waals surface area contributed by atoms with Crippen LogP contribution in [0.4, 0.5) is 0 Å².